The van der Waals surface area contributed by atoms with E-state index in [4.69, 9.17) is 0 Å². The maximum Gasteiger partial charge on any atom is 0.150 e. The number of fused-ring (bicyclic) bond motifs is 5. The van der Waals surface area contributed by atoms with Gasteiger partial charge in [0.05, 0.1) is 4.83 Å². The van der Waals surface area contributed by atoms with Crippen LogP contribution in [0.3, 0.4) is 0 Å². The summed E-state index contributed by atoms with van der Waals surface area (Å²) < 4.78 is 0. The van der Waals surface area contributed by atoms with Crippen molar-refractivity contribution in [2.24, 2.45) is 34.5 Å². The van der Waals surface area contributed by atoms with Gasteiger partial charge in [0.25, 0.3) is 0 Å². The molecule has 0 N–H and O–H groups in total. The van der Waals surface area contributed by atoms with Crippen molar-refractivity contribution in [3.63, 3.8) is 0 Å². The SMILES string of the molecule is C[C@]12CCC[C@@H]1[C@@H]1CC[C@H]3CC(=O)CC[C@]3(C)[C@H]1C(=O)[C@@H]2Br. The summed E-state index contributed by atoms with van der Waals surface area (Å²) in [5, 5.41) is 0. The van der Waals surface area contributed by atoms with Gasteiger partial charge in [0.2, 0.25) is 0 Å². The molecule has 0 heterocycles. The molecule has 0 amide bonds. The van der Waals surface area contributed by atoms with Crippen LogP contribution in [-0.2, 0) is 9.59 Å². The topological polar surface area (TPSA) is 34.1 Å². The Morgan fingerprint density at radius 2 is 1.82 bits per heavy atom. The van der Waals surface area contributed by atoms with Crippen molar-refractivity contribution in [1.82, 2.24) is 0 Å². The third-order valence-electron chi connectivity index (χ3n) is 8.07. The first-order valence-electron chi connectivity index (χ1n) is 9.07. The first kappa shape index (κ1) is 15.4. The quantitative estimate of drug-likeness (QED) is 0.589. The molecular formula is C19H27BrO2. The van der Waals surface area contributed by atoms with Crippen molar-refractivity contribution < 1.29 is 9.59 Å². The van der Waals surface area contributed by atoms with Crippen LogP contribution in [0.5, 0.6) is 0 Å². The highest BCUT2D eigenvalue weighted by molar-refractivity contribution is 9.10. The molecule has 0 saturated heterocycles. The highest BCUT2D eigenvalue weighted by atomic mass is 79.9. The van der Waals surface area contributed by atoms with E-state index in [1.54, 1.807) is 0 Å². The molecule has 0 aromatic rings. The lowest BCUT2D eigenvalue weighted by molar-refractivity contribution is -0.156. The Morgan fingerprint density at radius 3 is 2.59 bits per heavy atom. The number of halogens is 1. The molecule has 4 rings (SSSR count). The largest absolute Gasteiger partial charge is 0.300 e. The van der Waals surface area contributed by atoms with Crippen LogP contribution in [0.4, 0.5) is 0 Å². The molecular weight excluding hydrogens is 340 g/mol. The number of carbonyl (C=O) groups is 2. The lowest BCUT2D eigenvalue weighted by Crippen LogP contribution is -2.60. The van der Waals surface area contributed by atoms with E-state index in [9.17, 15) is 9.59 Å². The van der Waals surface area contributed by atoms with Crippen molar-refractivity contribution in [1.29, 1.82) is 0 Å². The minimum atomic E-state index is 0.0296. The molecule has 122 valence electrons. The second-order valence-corrected chi connectivity index (χ2v) is 9.85. The van der Waals surface area contributed by atoms with Gasteiger partial charge in [-0.1, -0.05) is 36.2 Å². The lowest BCUT2D eigenvalue weighted by atomic mass is 9.45. The molecule has 4 fully saturated rings. The van der Waals surface area contributed by atoms with E-state index >= 15 is 0 Å². The summed E-state index contributed by atoms with van der Waals surface area (Å²) in [4.78, 5) is 25.3. The van der Waals surface area contributed by atoms with Gasteiger partial charge in [-0.05, 0) is 60.7 Å². The fourth-order valence-corrected chi connectivity index (χ4v) is 7.65. The molecule has 0 aliphatic heterocycles. The normalized spacial score (nSPS) is 54.6. The summed E-state index contributed by atoms with van der Waals surface area (Å²) in [5.74, 6) is 2.81. The van der Waals surface area contributed by atoms with Crippen LogP contribution in [0.1, 0.15) is 65.2 Å². The van der Waals surface area contributed by atoms with E-state index in [1.807, 2.05) is 0 Å². The molecule has 4 aliphatic rings. The molecule has 0 bridgehead atoms. The van der Waals surface area contributed by atoms with Crippen molar-refractivity contribution in [3.8, 4) is 0 Å². The second-order valence-electron chi connectivity index (χ2n) is 8.93. The molecule has 0 aromatic carbocycles. The zero-order chi connectivity index (χ0) is 15.7. The monoisotopic (exact) mass is 366 g/mol. The Hall–Kier alpha value is -0.180. The molecule has 7 atom stereocenters. The van der Waals surface area contributed by atoms with Crippen LogP contribution >= 0.6 is 15.9 Å². The van der Waals surface area contributed by atoms with E-state index < -0.39 is 0 Å². The Kier molecular flexibility index (Phi) is 3.43. The first-order valence-corrected chi connectivity index (χ1v) is 9.99. The van der Waals surface area contributed by atoms with Crippen LogP contribution in [0.2, 0.25) is 0 Å². The number of carbonyl (C=O) groups excluding carboxylic acids is 2. The molecule has 2 nitrogen and oxygen atoms in total. The number of ketones is 2. The van der Waals surface area contributed by atoms with E-state index in [-0.39, 0.29) is 21.6 Å². The Bertz CT molecular complexity index is 530. The number of hydrogen-bond acceptors (Lipinski definition) is 2. The van der Waals surface area contributed by atoms with Gasteiger partial charge in [0.1, 0.15) is 5.78 Å². The van der Waals surface area contributed by atoms with Gasteiger partial charge in [-0.15, -0.1) is 0 Å². The predicted molar refractivity (Wildman–Crippen MR) is 89.8 cm³/mol. The van der Waals surface area contributed by atoms with Crippen LogP contribution in [0.25, 0.3) is 0 Å². The van der Waals surface area contributed by atoms with Crippen LogP contribution in [0, 0.1) is 34.5 Å². The predicted octanol–water partition coefficient (Wildman–Crippen LogP) is 4.54. The van der Waals surface area contributed by atoms with E-state index in [0.717, 1.165) is 19.3 Å². The Labute approximate surface area is 141 Å². The van der Waals surface area contributed by atoms with Crippen molar-refractivity contribution in [2.75, 3.05) is 0 Å². The van der Waals surface area contributed by atoms with Gasteiger partial charge in [-0.2, -0.15) is 0 Å². The summed E-state index contributed by atoms with van der Waals surface area (Å²) in [5.41, 5.74) is 0.246. The van der Waals surface area contributed by atoms with Crippen LogP contribution < -0.4 is 0 Å². The molecule has 0 unspecified atom stereocenters. The highest BCUT2D eigenvalue weighted by Crippen LogP contribution is 2.65. The minimum absolute atomic E-state index is 0.0296. The molecule has 0 aromatic heterocycles. The van der Waals surface area contributed by atoms with Crippen molar-refractivity contribution in [3.05, 3.63) is 0 Å². The van der Waals surface area contributed by atoms with Crippen LogP contribution in [0.15, 0.2) is 0 Å². The first-order chi connectivity index (χ1) is 10.4. The lowest BCUT2D eigenvalue weighted by Gasteiger charge is -2.59. The minimum Gasteiger partial charge on any atom is -0.300 e. The van der Waals surface area contributed by atoms with Gasteiger partial charge < -0.3 is 0 Å². The summed E-state index contributed by atoms with van der Waals surface area (Å²) in [6, 6.07) is 0. The third-order valence-corrected chi connectivity index (χ3v) is 9.56. The third kappa shape index (κ3) is 1.84. The molecule has 4 saturated carbocycles. The van der Waals surface area contributed by atoms with Gasteiger partial charge in [-0.3, -0.25) is 9.59 Å². The molecule has 3 heteroatoms. The molecule has 4 aliphatic carbocycles. The summed E-state index contributed by atoms with van der Waals surface area (Å²) >= 11 is 3.81. The maximum atomic E-state index is 13.3. The molecule has 0 spiro atoms. The average Bonchev–Trinajstić information content (AvgIpc) is 2.88. The Morgan fingerprint density at radius 1 is 1.05 bits per heavy atom. The number of rotatable bonds is 0. The van der Waals surface area contributed by atoms with Crippen molar-refractivity contribution >= 4 is 27.5 Å². The summed E-state index contributed by atoms with van der Waals surface area (Å²) in [7, 11) is 0. The molecule has 0 radical (unpaired) electrons. The van der Waals surface area contributed by atoms with Gasteiger partial charge >= 0.3 is 0 Å². The number of alkyl halides is 1. The number of Topliss-reactive ketones (excluding diaryl/α,β-unsaturated/α-hetero) is 2. The zero-order valence-corrected chi connectivity index (χ0v) is 15.3. The Balaban J connectivity index is 1.74. The summed E-state index contributed by atoms with van der Waals surface area (Å²) in [6.07, 6.45) is 8.46. The maximum absolute atomic E-state index is 13.3. The van der Waals surface area contributed by atoms with Crippen LogP contribution in [-0.4, -0.2) is 16.4 Å². The van der Waals surface area contributed by atoms with E-state index in [0.29, 0.717) is 35.7 Å². The standard InChI is InChI=1S/C19H27BrO2/c1-18-9-7-12(21)10-11(18)5-6-13-14-4-3-8-19(14,2)17(20)16(22)15(13)18/h11,13-15,17H,3-10H2,1-2H3/t11-,13-,14+,15+,17-,18-,19-/m0/s1. The average molecular weight is 367 g/mol. The highest BCUT2D eigenvalue weighted by Gasteiger charge is 2.64. The fourth-order valence-electron chi connectivity index (χ4n) is 6.80. The van der Waals surface area contributed by atoms with E-state index in [1.165, 1.54) is 25.7 Å². The zero-order valence-electron chi connectivity index (χ0n) is 13.7. The van der Waals surface area contributed by atoms with Gasteiger partial charge in [0.15, 0.2) is 5.78 Å². The number of hydrogen-bond donors (Lipinski definition) is 0. The van der Waals surface area contributed by atoms with E-state index in [2.05, 4.69) is 29.8 Å². The fraction of sp³-hybridized carbons (Fsp3) is 0.895. The second kappa shape index (κ2) is 4.91. The van der Waals surface area contributed by atoms with Crippen molar-refractivity contribution in [2.45, 2.75) is 70.0 Å². The van der Waals surface area contributed by atoms with Gasteiger partial charge in [0, 0.05) is 18.8 Å². The smallest absolute Gasteiger partial charge is 0.150 e. The summed E-state index contributed by atoms with van der Waals surface area (Å²) in [6.45, 7) is 4.67. The molecule has 22 heavy (non-hydrogen) atoms. The van der Waals surface area contributed by atoms with Gasteiger partial charge in [-0.25, -0.2) is 0 Å².